The lowest BCUT2D eigenvalue weighted by atomic mass is 10.0. The molecule has 0 aromatic heterocycles. The molecule has 0 saturated carbocycles. The molecule has 0 aromatic rings. The molecule has 0 saturated heterocycles. The molecule has 0 bridgehead atoms. The van der Waals surface area contributed by atoms with Gasteiger partial charge >= 0.3 is 0 Å². The average molecular weight is 247 g/mol. The fraction of sp³-hybridized carbons (Fsp3) is 0.833. The zero-order chi connectivity index (χ0) is 13.0. The van der Waals surface area contributed by atoms with E-state index in [1.54, 1.807) is 13.8 Å². The van der Waals surface area contributed by atoms with Crippen molar-refractivity contribution >= 4 is 9.84 Å². The molecule has 0 spiro atoms. The maximum Gasteiger partial charge on any atom is 0.154 e. The highest BCUT2D eigenvalue weighted by atomic mass is 32.2. The first-order valence-corrected chi connectivity index (χ1v) is 7.60. The van der Waals surface area contributed by atoms with E-state index >= 15 is 0 Å². The van der Waals surface area contributed by atoms with E-state index in [1.807, 2.05) is 19.9 Å². The van der Waals surface area contributed by atoms with Gasteiger partial charge in [0.25, 0.3) is 0 Å². The SMILES string of the molecule is CCCNC(C=C(C)C)C(C)(C)S(C)(=O)=O. The van der Waals surface area contributed by atoms with E-state index in [2.05, 4.69) is 12.2 Å². The van der Waals surface area contributed by atoms with Gasteiger partial charge in [0.2, 0.25) is 0 Å². The van der Waals surface area contributed by atoms with Crippen molar-refractivity contribution in [2.75, 3.05) is 12.8 Å². The molecule has 1 N–H and O–H groups in total. The van der Waals surface area contributed by atoms with E-state index in [1.165, 1.54) is 6.26 Å². The Morgan fingerprint density at radius 3 is 2.19 bits per heavy atom. The minimum atomic E-state index is -3.08. The van der Waals surface area contributed by atoms with Gasteiger partial charge in [-0.3, -0.25) is 0 Å². The van der Waals surface area contributed by atoms with E-state index in [0.717, 1.165) is 18.5 Å². The van der Waals surface area contributed by atoms with Crippen LogP contribution >= 0.6 is 0 Å². The van der Waals surface area contributed by atoms with E-state index in [0.29, 0.717) is 0 Å². The normalized spacial score (nSPS) is 14.6. The van der Waals surface area contributed by atoms with Gasteiger partial charge in [-0.25, -0.2) is 8.42 Å². The summed E-state index contributed by atoms with van der Waals surface area (Å²) in [4.78, 5) is 0. The van der Waals surface area contributed by atoms with Crippen LogP contribution in [0.25, 0.3) is 0 Å². The largest absolute Gasteiger partial charge is 0.309 e. The summed E-state index contributed by atoms with van der Waals surface area (Å²) in [6.07, 6.45) is 4.29. The van der Waals surface area contributed by atoms with E-state index in [-0.39, 0.29) is 6.04 Å². The number of sulfone groups is 1. The standard InChI is InChI=1S/C12H25NO2S/c1-7-8-13-11(9-10(2)3)12(4,5)16(6,14)15/h9,11,13H,7-8H2,1-6H3. The summed E-state index contributed by atoms with van der Waals surface area (Å²) in [5.41, 5.74) is 1.13. The van der Waals surface area contributed by atoms with Crippen molar-refractivity contribution in [1.82, 2.24) is 5.32 Å². The van der Waals surface area contributed by atoms with Crippen LogP contribution in [0.2, 0.25) is 0 Å². The summed E-state index contributed by atoms with van der Waals surface area (Å²) in [6.45, 7) is 10.4. The van der Waals surface area contributed by atoms with Gasteiger partial charge in [0, 0.05) is 12.3 Å². The van der Waals surface area contributed by atoms with Crippen LogP contribution in [0.5, 0.6) is 0 Å². The molecule has 96 valence electrons. The van der Waals surface area contributed by atoms with Gasteiger partial charge in [-0.15, -0.1) is 0 Å². The van der Waals surface area contributed by atoms with Crippen molar-refractivity contribution in [2.24, 2.45) is 0 Å². The summed E-state index contributed by atoms with van der Waals surface area (Å²) in [5, 5.41) is 3.29. The predicted octanol–water partition coefficient (Wildman–Crippen LogP) is 2.14. The third-order valence-electron chi connectivity index (χ3n) is 2.82. The maximum atomic E-state index is 11.8. The van der Waals surface area contributed by atoms with Crippen molar-refractivity contribution in [2.45, 2.75) is 51.8 Å². The van der Waals surface area contributed by atoms with Crippen LogP contribution in [0.4, 0.5) is 0 Å². The van der Waals surface area contributed by atoms with Crippen molar-refractivity contribution in [3.8, 4) is 0 Å². The Balaban J connectivity index is 5.10. The molecule has 4 heteroatoms. The van der Waals surface area contributed by atoms with E-state index < -0.39 is 14.6 Å². The van der Waals surface area contributed by atoms with Gasteiger partial charge in [0.1, 0.15) is 0 Å². The monoisotopic (exact) mass is 247 g/mol. The molecule has 0 amide bonds. The van der Waals surface area contributed by atoms with Gasteiger partial charge in [0.05, 0.1) is 4.75 Å². The van der Waals surface area contributed by atoms with Crippen molar-refractivity contribution in [3.05, 3.63) is 11.6 Å². The minimum absolute atomic E-state index is 0.132. The number of allylic oxidation sites excluding steroid dienone is 1. The molecular weight excluding hydrogens is 222 g/mol. The molecule has 0 aliphatic carbocycles. The number of hydrogen-bond acceptors (Lipinski definition) is 3. The third-order valence-corrected chi connectivity index (χ3v) is 4.98. The van der Waals surface area contributed by atoms with Crippen LogP contribution in [-0.2, 0) is 9.84 Å². The van der Waals surface area contributed by atoms with Crippen LogP contribution in [0.15, 0.2) is 11.6 Å². The summed E-state index contributed by atoms with van der Waals surface area (Å²) >= 11 is 0. The highest BCUT2D eigenvalue weighted by Gasteiger charge is 2.37. The summed E-state index contributed by atoms with van der Waals surface area (Å²) in [7, 11) is -3.08. The van der Waals surface area contributed by atoms with Gasteiger partial charge in [0.15, 0.2) is 9.84 Å². The van der Waals surface area contributed by atoms with Crippen LogP contribution in [0.1, 0.15) is 41.0 Å². The van der Waals surface area contributed by atoms with Crippen molar-refractivity contribution in [3.63, 3.8) is 0 Å². The quantitative estimate of drug-likeness (QED) is 0.732. The summed E-state index contributed by atoms with van der Waals surface area (Å²) in [6, 6.07) is -0.132. The molecule has 1 unspecified atom stereocenters. The van der Waals surface area contributed by atoms with Crippen LogP contribution in [-0.4, -0.2) is 32.0 Å². The fourth-order valence-corrected chi connectivity index (χ4v) is 1.98. The molecule has 0 rings (SSSR count). The maximum absolute atomic E-state index is 11.8. The Morgan fingerprint density at radius 2 is 1.88 bits per heavy atom. The zero-order valence-corrected chi connectivity index (χ0v) is 12.1. The molecule has 0 aliphatic rings. The lowest BCUT2D eigenvalue weighted by Gasteiger charge is -2.31. The Kier molecular flexibility index (Phi) is 5.70. The van der Waals surface area contributed by atoms with E-state index in [4.69, 9.17) is 0 Å². The second-order valence-electron chi connectivity index (χ2n) is 5.05. The molecule has 3 nitrogen and oxygen atoms in total. The van der Waals surface area contributed by atoms with Gasteiger partial charge in [-0.05, 0) is 40.7 Å². The second-order valence-corrected chi connectivity index (χ2v) is 7.65. The highest BCUT2D eigenvalue weighted by Crippen LogP contribution is 2.22. The molecule has 0 aromatic carbocycles. The Bertz CT molecular complexity index is 338. The highest BCUT2D eigenvalue weighted by molar-refractivity contribution is 7.92. The van der Waals surface area contributed by atoms with Crippen LogP contribution in [0, 0.1) is 0 Å². The first kappa shape index (κ1) is 15.7. The Labute approximate surface area is 100 Å². The van der Waals surface area contributed by atoms with Gasteiger partial charge in [-0.2, -0.15) is 0 Å². The zero-order valence-electron chi connectivity index (χ0n) is 11.3. The van der Waals surface area contributed by atoms with E-state index in [9.17, 15) is 8.42 Å². The average Bonchev–Trinajstić information content (AvgIpc) is 2.09. The van der Waals surface area contributed by atoms with Crippen molar-refractivity contribution in [1.29, 1.82) is 0 Å². The lowest BCUT2D eigenvalue weighted by Crippen LogP contribution is -2.50. The smallest absolute Gasteiger partial charge is 0.154 e. The van der Waals surface area contributed by atoms with Gasteiger partial charge in [-0.1, -0.05) is 18.6 Å². The third kappa shape index (κ3) is 4.26. The Morgan fingerprint density at radius 1 is 1.38 bits per heavy atom. The molecule has 0 heterocycles. The van der Waals surface area contributed by atoms with Crippen molar-refractivity contribution < 1.29 is 8.42 Å². The second kappa shape index (κ2) is 5.82. The number of hydrogen-bond donors (Lipinski definition) is 1. The molecule has 0 fully saturated rings. The molecular formula is C12H25NO2S. The molecule has 0 aliphatic heterocycles. The predicted molar refractivity (Wildman–Crippen MR) is 70.4 cm³/mol. The first-order chi connectivity index (χ1) is 7.13. The number of rotatable bonds is 6. The first-order valence-electron chi connectivity index (χ1n) is 5.71. The number of nitrogens with one attached hydrogen (secondary N) is 1. The minimum Gasteiger partial charge on any atom is -0.309 e. The van der Waals surface area contributed by atoms with Crippen LogP contribution < -0.4 is 5.32 Å². The molecule has 0 radical (unpaired) electrons. The fourth-order valence-electron chi connectivity index (χ4n) is 1.37. The van der Waals surface area contributed by atoms with Gasteiger partial charge < -0.3 is 5.32 Å². The lowest BCUT2D eigenvalue weighted by molar-refractivity contribution is 0.462. The molecule has 16 heavy (non-hydrogen) atoms. The summed E-state index contributed by atoms with van der Waals surface area (Å²) in [5.74, 6) is 0. The molecule has 1 atom stereocenters. The van der Waals surface area contributed by atoms with Crippen LogP contribution in [0.3, 0.4) is 0 Å². The summed E-state index contributed by atoms with van der Waals surface area (Å²) < 4.78 is 22.8. The Hall–Kier alpha value is -0.350. The topological polar surface area (TPSA) is 46.2 Å².